The van der Waals surface area contributed by atoms with Crippen LogP contribution in [0.5, 0.6) is 0 Å². The Labute approximate surface area is 471 Å². The molecule has 1 rings (SSSR count). The number of rotatable bonds is 54. The summed E-state index contributed by atoms with van der Waals surface area (Å²) in [6, 6.07) is -1.02. The first kappa shape index (κ1) is 72.4. The van der Waals surface area contributed by atoms with Gasteiger partial charge in [0.25, 0.3) is 0 Å². The Bertz CT molecular complexity index is 1480. The summed E-state index contributed by atoms with van der Waals surface area (Å²) in [5.41, 5.74) is 0. The molecule has 1 amide bonds. The zero-order chi connectivity index (χ0) is 56.1. The van der Waals surface area contributed by atoms with Crippen molar-refractivity contribution in [3.8, 4) is 0 Å². The van der Waals surface area contributed by atoms with Gasteiger partial charge in [0.2, 0.25) is 5.91 Å². The van der Waals surface area contributed by atoms with Gasteiger partial charge in [-0.15, -0.1) is 0 Å². The molecule has 1 heterocycles. The van der Waals surface area contributed by atoms with Crippen molar-refractivity contribution < 1.29 is 49.3 Å². The minimum atomic E-state index is -1.62. The lowest BCUT2D eigenvalue weighted by Crippen LogP contribution is -2.61. The average molecular weight is 1090 g/mol. The maximum Gasteiger partial charge on any atom is 0.306 e. The number of aliphatic hydroxyl groups is 5. The maximum atomic E-state index is 13.4. The van der Waals surface area contributed by atoms with Crippen LogP contribution in [0.25, 0.3) is 0 Å². The first-order valence-corrected chi connectivity index (χ1v) is 32.1. The average Bonchev–Trinajstić information content (AvgIpc) is 3.43. The van der Waals surface area contributed by atoms with Crippen LogP contribution in [0, 0.1) is 0 Å². The van der Waals surface area contributed by atoms with E-state index >= 15 is 0 Å². The predicted molar refractivity (Wildman–Crippen MR) is 320 cm³/mol. The molecule has 1 aliphatic rings. The molecule has 0 saturated carbocycles. The molecule has 0 aromatic carbocycles. The van der Waals surface area contributed by atoms with E-state index in [-0.39, 0.29) is 13.0 Å². The van der Waals surface area contributed by atoms with E-state index in [1.54, 1.807) is 6.08 Å². The molecular weight excluding hydrogens is 967 g/mol. The molecule has 0 aliphatic carbocycles. The number of hydrogen-bond donors (Lipinski definition) is 6. The number of hydrogen-bond acceptors (Lipinski definition) is 10. The Morgan fingerprint density at radius 2 is 0.896 bits per heavy atom. The van der Waals surface area contributed by atoms with Gasteiger partial charge in [-0.2, -0.15) is 0 Å². The Morgan fingerprint density at radius 1 is 0.506 bits per heavy atom. The van der Waals surface area contributed by atoms with E-state index in [9.17, 15) is 35.1 Å². The zero-order valence-electron chi connectivity index (χ0n) is 49.6. The second-order valence-corrected chi connectivity index (χ2v) is 22.1. The van der Waals surface area contributed by atoms with Gasteiger partial charge in [0.15, 0.2) is 12.4 Å². The number of carbonyl (C=O) groups is 2. The van der Waals surface area contributed by atoms with Crippen LogP contribution in [0.2, 0.25) is 0 Å². The SMILES string of the molecule is CCCCC/C=C\C/C=C\C/C=C\C/C=C\CCCCCCCCCCCC(=O)OC1C(OCC(NC(=O)C(O)CCCCCCCCCCCC)C(O)/C=C/CCCCCCCCCCCCC)OC(CO)C(O)C1O. The molecular formula is C66H119NO10. The minimum absolute atomic E-state index is 0.116. The number of ether oxygens (including phenoxy) is 3. The van der Waals surface area contributed by atoms with Crippen molar-refractivity contribution in [3.05, 3.63) is 60.8 Å². The highest BCUT2D eigenvalue weighted by Gasteiger charge is 2.47. The van der Waals surface area contributed by atoms with Crippen molar-refractivity contribution in [2.45, 2.75) is 333 Å². The van der Waals surface area contributed by atoms with Crippen LogP contribution in [0.3, 0.4) is 0 Å². The molecule has 11 nitrogen and oxygen atoms in total. The van der Waals surface area contributed by atoms with Crippen LogP contribution in [-0.4, -0.2) is 99.6 Å². The lowest BCUT2D eigenvalue weighted by molar-refractivity contribution is -0.305. The van der Waals surface area contributed by atoms with Gasteiger partial charge in [-0.05, 0) is 70.6 Å². The van der Waals surface area contributed by atoms with Crippen molar-refractivity contribution in [1.82, 2.24) is 5.32 Å². The highest BCUT2D eigenvalue weighted by molar-refractivity contribution is 5.80. The highest BCUT2D eigenvalue weighted by Crippen LogP contribution is 2.26. The van der Waals surface area contributed by atoms with Crippen LogP contribution >= 0.6 is 0 Å². The van der Waals surface area contributed by atoms with E-state index < -0.39 is 67.4 Å². The summed E-state index contributed by atoms with van der Waals surface area (Å²) in [5, 5.41) is 56.9. The smallest absolute Gasteiger partial charge is 0.306 e. The second kappa shape index (κ2) is 54.0. The van der Waals surface area contributed by atoms with E-state index in [0.29, 0.717) is 19.3 Å². The van der Waals surface area contributed by atoms with Gasteiger partial charge in [0.05, 0.1) is 25.4 Å². The van der Waals surface area contributed by atoms with Gasteiger partial charge in [0, 0.05) is 6.42 Å². The first-order valence-electron chi connectivity index (χ1n) is 32.1. The van der Waals surface area contributed by atoms with E-state index in [4.69, 9.17) is 14.2 Å². The number of esters is 1. The van der Waals surface area contributed by atoms with Crippen LogP contribution in [0.15, 0.2) is 60.8 Å². The monoisotopic (exact) mass is 1090 g/mol. The highest BCUT2D eigenvalue weighted by atomic mass is 16.7. The Kier molecular flexibility index (Phi) is 50.7. The third kappa shape index (κ3) is 42.0. The summed E-state index contributed by atoms with van der Waals surface area (Å²) >= 11 is 0. The topological polar surface area (TPSA) is 175 Å². The molecule has 0 aromatic rings. The molecule has 0 spiro atoms. The summed E-state index contributed by atoms with van der Waals surface area (Å²) in [7, 11) is 0. The quantitative estimate of drug-likeness (QED) is 0.0195. The third-order valence-electron chi connectivity index (χ3n) is 14.9. The fourth-order valence-corrected chi connectivity index (χ4v) is 9.81. The van der Waals surface area contributed by atoms with Gasteiger partial charge in [-0.1, -0.05) is 268 Å². The van der Waals surface area contributed by atoms with E-state index in [1.807, 2.05) is 6.08 Å². The fraction of sp³-hybridized carbons (Fsp3) is 0.818. The van der Waals surface area contributed by atoms with Crippen LogP contribution in [-0.2, 0) is 23.8 Å². The lowest BCUT2D eigenvalue weighted by atomic mass is 9.99. The first-order chi connectivity index (χ1) is 37.7. The predicted octanol–water partition coefficient (Wildman–Crippen LogP) is 15.4. The molecule has 0 bridgehead atoms. The van der Waals surface area contributed by atoms with E-state index in [0.717, 1.165) is 89.9 Å². The molecule has 448 valence electrons. The summed E-state index contributed by atoms with van der Waals surface area (Å²) < 4.78 is 17.6. The normalized spacial score (nSPS) is 19.4. The number of allylic oxidation sites excluding steroid dienone is 9. The molecule has 77 heavy (non-hydrogen) atoms. The van der Waals surface area contributed by atoms with Gasteiger partial charge >= 0.3 is 5.97 Å². The Morgan fingerprint density at radius 3 is 1.36 bits per heavy atom. The standard InChI is InChI=1S/C66H119NO10/c1-4-7-10-13-16-19-22-24-25-26-27-28-29-30-31-32-33-34-35-37-39-42-45-48-51-54-61(71)77-64-63(73)62(72)60(55-68)76-66(64)75-56-57(58(69)52-49-46-43-41-38-36-23-20-17-14-11-8-5-2)67-65(74)59(70)53-50-47-44-40-21-18-15-12-9-6-3/h16,19,24-25,27-28,30-31,49,52,57-60,62-64,66,68-70,72-73H,4-15,17-18,20-23,26,29,32-48,50-51,53-56H2,1-3H3,(H,67,74)/b19-16-,25-24-,28-27-,31-30-,52-49+. The van der Waals surface area contributed by atoms with Crippen LogP contribution in [0.1, 0.15) is 284 Å². The summed E-state index contributed by atoms with van der Waals surface area (Å²) in [4.78, 5) is 26.5. The van der Waals surface area contributed by atoms with Crippen LogP contribution in [0.4, 0.5) is 0 Å². The molecule has 1 saturated heterocycles. The molecule has 0 radical (unpaired) electrons. The zero-order valence-corrected chi connectivity index (χ0v) is 49.6. The number of unbranched alkanes of at least 4 members (excludes halogenated alkanes) is 32. The number of aliphatic hydroxyl groups excluding tert-OH is 5. The van der Waals surface area contributed by atoms with Gasteiger partial charge in [0.1, 0.15) is 24.4 Å². The maximum absolute atomic E-state index is 13.4. The molecule has 1 fully saturated rings. The molecule has 8 atom stereocenters. The molecule has 6 N–H and O–H groups in total. The molecule has 1 aliphatic heterocycles. The fourth-order valence-electron chi connectivity index (χ4n) is 9.81. The van der Waals surface area contributed by atoms with Crippen molar-refractivity contribution >= 4 is 11.9 Å². The molecule has 8 unspecified atom stereocenters. The summed E-state index contributed by atoms with van der Waals surface area (Å²) in [6.07, 6.45) is 56.9. The van der Waals surface area contributed by atoms with Crippen molar-refractivity contribution in [2.75, 3.05) is 13.2 Å². The molecule has 0 aromatic heterocycles. The van der Waals surface area contributed by atoms with Crippen molar-refractivity contribution in [3.63, 3.8) is 0 Å². The van der Waals surface area contributed by atoms with Gasteiger partial charge < -0.3 is 45.1 Å². The Hall–Kier alpha value is -2.64. The lowest BCUT2D eigenvalue weighted by Gasteiger charge is -2.41. The van der Waals surface area contributed by atoms with Gasteiger partial charge in [-0.25, -0.2) is 0 Å². The van der Waals surface area contributed by atoms with Crippen molar-refractivity contribution in [1.29, 1.82) is 0 Å². The second-order valence-electron chi connectivity index (χ2n) is 22.1. The third-order valence-corrected chi connectivity index (χ3v) is 14.9. The number of amides is 1. The summed E-state index contributed by atoms with van der Waals surface area (Å²) in [5.74, 6) is -1.20. The largest absolute Gasteiger partial charge is 0.454 e. The Balaban J connectivity index is 2.59. The van der Waals surface area contributed by atoms with E-state index in [2.05, 4.69) is 74.7 Å². The molecule has 11 heteroatoms. The van der Waals surface area contributed by atoms with Crippen LogP contribution < -0.4 is 5.32 Å². The van der Waals surface area contributed by atoms with Crippen molar-refractivity contribution in [2.24, 2.45) is 0 Å². The minimum Gasteiger partial charge on any atom is -0.454 e. The number of nitrogens with one attached hydrogen (secondary N) is 1. The van der Waals surface area contributed by atoms with Gasteiger partial charge in [-0.3, -0.25) is 9.59 Å². The van der Waals surface area contributed by atoms with E-state index in [1.165, 1.54) is 148 Å². The summed E-state index contributed by atoms with van der Waals surface area (Å²) in [6.45, 7) is 5.75. The number of carbonyl (C=O) groups excluding carboxylic acids is 2.